The number of carbonyl (C=O) groups is 1. The molecule has 8 heteroatoms. The summed E-state index contributed by atoms with van der Waals surface area (Å²) in [6.07, 6.45) is 5.23. The fourth-order valence-corrected chi connectivity index (χ4v) is 2.54. The van der Waals surface area contributed by atoms with E-state index in [4.69, 9.17) is 4.52 Å². The Morgan fingerprint density at radius 1 is 1.30 bits per heavy atom. The van der Waals surface area contributed by atoms with Crippen molar-refractivity contribution in [2.45, 2.75) is 18.4 Å². The summed E-state index contributed by atoms with van der Waals surface area (Å²) in [6, 6.07) is 7.06. The topological polar surface area (TPSA) is 98.7 Å². The number of carbonyl (C=O) groups excluding carboxylic acids is 1. The van der Waals surface area contributed by atoms with E-state index in [1.54, 1.807) is 48.4 Å². The summed E-state index contributed by atoms with van der Waals surface area (Å²) >= 11 is 0. The van der Waals surface area contributed by atoms with Gasteiger partial charge in [0, 0.05) is 24.4 Å². The highest BCUT2D eigenvalue weighted by Crippen LogP contribution is 2.48. The normalized spacial score (nSPS) is 15.3. The second-order valence-electron chi connectivity index (χ2n) is 5.46. The van der Waals surface area contributed by atoms with Crippen LogP contribution in [0.3, 0.4) is 0 Å². The number of benzene rings is 1. The zero-order valence-electron chi connectivity index (χ0n) is 12.4. The van der Waals surface area contributed by atoms with Crippen molar-refractivity contribution in [2.75, 3.05) is 7.05 Å². The summed E-state index contributed by atoms with van der Waals surface area (Å²) in [7, 11) is 1.60. The smallest absolute Gasteiger partial charge is 0.255 e. The number of rotatable bonds is 4. The third kappa shape index (κ3) is 2.19. The van der Waals surface area contributed by atoms with Gasteiger partial charge in [-0.2, -0.15) is 4.98 Å². The minimum atomic E-state index is -0.357. The molecule has 1 aliphatic rings. The Morgan fingerprint density at radius 3 is 2.70 bits per heavy atom. The van der Waals surface area contributed by atoms with Crippen molar-refractivity contribution in [1.82, 2.24) is 30.5 Å². The Kier molecular flexibility index (Phi) is 2.97. The molecule has 0 aliphatic heterocycles. The van der Waals surface area contributed by atoms with Crippen LogP contribution >= 0.6 is 0 Å². The van der Waals surface area contributed by atoms with E-state index in [2.05, 4.69) is 25.8 Å². The number of aromatic nitrogens is 5. The Labute approximate surface area is 131 Å². The maximum atomic E-state index is 11.6. The zero-order valence-corrected chi connectivity index (χ0v) is 12.4. The highest BCUT2D eigenvalue weighted by Gasteiger charge is 2.52. The van der Waals surface area contributed by atoms with Crippen LogP contribution in [0, 0.1) is 0 Å². The van der Waals surface area contributed by atoms with Gasteiger partial charge in [0.2, 0.25) is 5.82 Å². The van der Waals surface area contributed by atoms with E-state index in [0.29, 0.717) is 17.3 Å². The fourth-order valence-electron chi connectivity index (χ4n) is 2.54. The van der Waals surface area contributed by atoms with Gasteiger partial charge in [-0.15, -0.1) is 5.10 Å². The van der Waals surface area contributed by atoms with Crippen LogP contribution in [0.2, 0.25) is 0 Å². The highest BCUT2D eigenvalue weighted by molar-refractivity contribution is 5.94. The number of hydrogen-bond acceptors (Lipinski definition) is 6. The van der Waals surface area contributed by atoms with Gasteiger partial charge in [0.15, 0.2) is 0 Å². The highest BCUT2D eigenvalue weighted by atomic mass is 16.5. The van der Waals surface area contributed by atoms with E-state index in [1.165, 1.54) is 0 Å². The average molecular weight is 310 g/mol. The van der Waals surface area contributed by atoms with E-state index >= 15 is 0 Å². The number of nitrogens with zero attached hydrogens (tertiary/aromatic N) is 5. The van der Waals surface area contributed by atoms with Crippen LogP contribution in [-0.4, -0.2) is 38.1 Å². The number of nitrogens with one attached hydrogen (secondary N) is 1. The number of amides is 1. The van der Waals surface area contributed by atoms with Gasteiger partial charge in [0.1, 0.15) is 5.54 Å². The summed E-state index contributed by atoms with van der Waals surface area (Å²) in [5.74, 6) is 0.900. The SMILES string of the molecule is CNC(=O)c1ccc(-c2noc(C3(n4ccnn4)CC3)n2)cc1. The zero-order chi connectivity index (χ0) is 15.9. The first kappa shape index (κ1) is 13.6. The van der Waals surface area contributed by atoms with Gasteiger partial charge in [-0.3, -0.25) is 4.79 Å². The van der Waals surface area contributed by atoms with Gasteiger partial charge in [-0.25, -0.2) is 4.68 Å². The second-order valence-corrected chi connectivity index (χ2v) is 5.46. The largest absolute Gasteiger partial charge is 0.355 e. The maximum absolute atomic E-state index is 11.6. The van der Waals surface area contributed by atoms with Crippen LogP contribution in [0.1, 0.15) is 29.1 Å². The molecule has 2 heterocycles. The van der Waals surface area contributed by atoms with Crippen molar-refractivity contribution in [3.05, 3.63) is 48.1 Å². The van der Waals surface area contributed by atoms with Crippen LogP contribution in [0.4, 0.5) is 0 Å². The molecule has 0 radical (unpaired) electrons. The van der Waals surface area contributed by atoms with Gasteiger partial charge >= 0.3 is 0 Å². The van der Waals surface area contributed by atoms with E-state index < -0.39 is 0 Å². The van der Waals surface area contributed by atoms with Gasteiger partial charge < -0.3 is 9.84 Å². The average Bonchev–Trinajstić information content (AvgIpc) is 3.05. The van der Waals surface area contributed by atoms with Crippen LogP contribution < -0.4 is 5.32 Å². The third-order valence-electron chi connectivity index (χ3n) is 4.04. The standard InChI is InChI=1S/C15H14N6O2/c1-16-13(22)11-4-2-10(3-5-11)12-18-14(23-19-12)15(6-7-15)21-9-8-17-20-21/h2-5,8-9H,6-7H2,1H3,(H,16,22). The van der Waals surface area contributed by atoms with Crippen molar-refractivity contribution >= 4 is 5.91 Å². The predicted octanol–water partition coefficient (Wildman–Crippen LogP) is 1.23. The molecule has 1 aliphatic carbocycles. The van der Waals surface area contributed by atoms with Gasteiger partial charge in [-0.05, 0) is 25.0 Å². The molecular formula is C15H14N6O2. The molecule has 0 atom stereocenters. The molecular weight excluding hydrogens is 296 g/mol. The summed E-state index contributed by atoms with van der Waals surface area (Å²) in [6.45, 7) is 0. The number of hydrogen-bond donors (Lipinski definition) is 1. The van der Waals surface area contributed by atoms with Crippen LogP contribution in [-0.2, 0) is 5.54 Å². The lowest BCUT2D eigenvalue weighted by atomic mass is 10.1. The Balaban J connectivity index is 1.63. The third-order valence-corrected chi connectivity index (χ3v) is 4.04. The van der Waals surface area contributed by atoms with E-state index in [9.17, 15) is 4.79 Å². The first-order valence-corrected chi connectivity index (χ1v) is 7.26. The molecule has 1 aromatic carbocycles. The molecule has 3 aromatic rings. The quantitative estimate of drug-likeness (QED) is 0.778. The van der Waals surface area contributed by atoms with E-state index in [-0.39, 0.29) is 11.4 Å². The lowest BCUT2D eigenvalue weighted by Crippen LogP contribution is -2.19. The Hall–Kier alpha value is -3.03. The Bertz CT molecular complexity index is 833. The summed E-state index contributed by atoms with van der Waals surface area (Å²) in [4.78, 5) is 16.1. The van der Waals surface area contributed by atoms with Crippen molar-refractivity contribution in [3.63, 3.8) is 0 Å². The molecule has 0 bridgehead atoms. The summed E-state index contributed by atoms with van der Waals surface area (Å²) in [5, 5.41) is 14.5. The summed E-state index contributed by atoms with van der Waals surface area (Å²) < 4.78 is 7.20. The van der Waals surface area contributed by atoms with Gasteiger partial charge in [0.05, 0.1) is 6.20 Å². The summed E-state index contributed by atoms with van der Waals surface area (Å²) in [5.41, 5.74) is 1.02. The molecule has 0 spiro atoms. The van der Waals surface area contributed by atoms with Gasteiger partial charge in [-0.1, -0.05) is 22.5 Å². The second kappa shape index (κ2) is 5.01. The molecule has 1 N–H and O–H groups in total. The first-order valence-electron chi connectivity index (χ1n) is 7.26. The molecule has 23 heavy (non-hydrogen) atoms. The monoisotopic (exact) mass is 310 g/mol. The molecule has 2 aromatic heterocycles. The molecule has 1 fully saturated rings. The van der Waals surface area contributed by atoms with E-state index in [0.717, 1.165) is 18.4 Å². The van der Waals surface area contributed by atoms with Crippen LogP contribution in [0.25, 0.3) is 11.4 Å². The molecule has 1 amide bonds. The molecule has 0 unspecified atom stereocenters. The molecule has 0 saturated heterocycles. The van der Waals surface area contributed by atoms with E-state index in [1.807, 2.05) is 0 Å². The van der Waals surface area contributed by atoms with Gasteiger partial charge in [0.25, 0.3) is 11.8 Å². The lowest BCUT2D eigenvalue weighted by molar-refractivity contribution is 0.0963. The molecule has 4 rings (SSSR count). The minimum Gasteiger partial charge on any atom is -0.355 e. The fraction of sp³-hybridized carbons (Fsp3) is 0.267. The van der Waals surface area contributed by atoms with Crippen LogP contribution in [0.5, 0.6) is 0 Å². The first-order chi connectivity index (χ1) is 11.2. The molecule has 8 nitrogen and oxygen atoms in total. The lowest BCUT2D eigenvalue weighted by Gasteiger charge is -2.08. The van der Waals surface area contributed by atoms with Crippen LogP contribution in [0.15, 0.2) is 41.2 Å². The maximum Gasteiger partial charge on any atom is 0.255 e. The minimum absolute atomic E-state index is 0.131. The van der Waals surface area contributed by atoms with Crippen molar-refractivity contribution in [2.24, 2.45) is 0 Å². The van der Waals surface area contributed by atoms with Crippen molar-refractivity contribution in [1.29, 1.82) is 0 Å². The predicted molar refractivity (Wildman–Crippen MR) is 79.5 cm³/mol. The molecule has 1 saturated carbocycles. The molecule has 116 valence electrons. The Morgan fingerprint density at radius 2 is 2.09 bits per heavy atom. The van der Waals surface area contributed by atoms with Crippen molar-refractivity contribution in [3.8, 4) is 11.4 Å². The van der Waals surface area contributed by atoms with Crippen molar-refractivity contribution < 1.29 is 9.32 Å².